The molecule has 2 atom stereocenters. The quantitative estimate of drug-likeness (QED) is 0.884. The molecule has 1 aliphatic rings. The number of ether oxygens (including phenoxy) is 2. The predicted octanol–water partition coefficient (Wildman–Crippen LogP) is 1.36. The van der Waals surface area contributed by atoms with Crippen molar-refractivity contribution in [2.45, 2.75) is 31.8 Å². The highest BCUT2D eigenvalue weighted by Gasteiger charge is 2.46. The van der Waals surface area contributed by atoms with Gasteiger partial charge in [-0.3, -0.25) is 9.69 Å². The average molecular weight is 318 g/mol. The summed E-state index contributed by atoms with van der Waals surface area (Å²) in [4.78, 5) is 25.2. The van der Waals surface area contributed by atoms with E-state index in [4.69, 9.17) is 10.00 Å². The van der Waals surface area contributed by atoms with Crippen LogP contribution in [0.15, 0.2) is 24.3 Å². The lowest BCUT2D eigenvalue weighted by atomic mass is 9.97. The molecule has 7 nitrogen and oxygen atoms in total. The van der Waals surface area contributed by atoms with Crippen LogP contribution < -0.4 is 0 Å². The number of carbonyl (C=O) groups is 2. The highest BCUT2D eigenvalue weighted by atomic mass is 16.6. The first-order chi connectivity index (χ1) is 10.8. The lowest BCUT2D eigenvalue weighted by Gasteiger charge is -2.44. The van der Waals surface area contributed by atoms with Crippen molar-refractivity contribution in [1.82, 2.24) is 4.90 Å². The third-order valence-corrected chi connectivity index (χ3v) is 3.76. The van der Waals surface area contributed by atoms with Crippen molar-refractivity contribution in [1.29, 1.82) is 5.26 Å². The fraction of sp³-hybridized carbons (Fsp3) is 0.438. The highest BCUT2D eigenvalue weighted by Crippen LogP contribution is 2.31. The van der Waals surface area contributed by atoms with E-state index in [1.165, 1.54) is 7.11 Å². The molecular weight excluding hydrogens is 300 g/mol. The van der Waals surface area contributed by atoms with Crippen LogP contribution in [0.3, 0.4) is 0 Å². The molecule has 1 amide bonds. The van der Waals surface area contributed by atoms with Crippen molar-refractivity contribution in [3.8, 4) is 6.07 Å². The summed E-state index contributed by atoms with van der Waals surface area (Å²) < 4.78 is 10.3. The summed E-state index contributed by atoms with van der Waals surface area (Å²) >= 11 is 0. The normalized spacial score (nSPS) is 21.4. The smallest absolute Gasteiger partial charge is 0.412 e. The lowest BCUT2D eigenvalue weighted by Crippen LogP contribution is -2.61. The van der Waals surface area contributed by atoms with E-state index in [1.54, 1.807) is 38.1 Å². The van der Waals surface area contributed by atoms with E-state index in [1.807, 2.05) is 6.07 Å². The van der Waals surface area contributed by atoms with Crippen molar-refractivity contribution >= 4 is 11.9 Å². The largest absolute Gasteiger partial charge is 0.453 e. The van der Waals surface area contributed by atoms with Gasteiger partial charge in [0.15, 0.2) is 11.9 Å². The second-order valence-corrected chi connectivity index (χ2v) is 5.69. The Labute approximate surface area is 134 Å². The molecule has 1 fully saturated rings. The first kappa shape index (κ1) is 16.9. The lowest BCUT2D eigenvalue weighted by molar-refractivity contribution is -0.208. The van der Waals surface area contributed by atoms with Crippen LogP contribution in [0, 0.1) is 11.3 Å². The number of nitrogens with zero attached hydrogens (tertiary/aromatic N) is 2. The summed E-state index contributed by atoms with van der Waals surface area (Å²) in [5, 5.41) is 19.2. The molecular formula is C16H18N2O5. The molecule has 7 heteroatoms. The molecule has 0 saturated carbocycles. The second kappa shape index (κ2) is 6.36. The fourth-order valence-electron chi connectivity index (χ4n) is 2.44. The number of hydrogen-bond acceptors (Lipinski definition) is 6. The zero-order chi connectivity index (χ0) is 17.2. The standard InChI is InChI=1S/C16H18N2O5/c1-16(2)18(15(21)22-3)9-12(19)14(23-16)13(20)11-6-4-10(8-17)5-7-11/h4-7,13-14,20H,9H2,1-3H3/t13-,14+/m0/s1. The molecule has 2 rings (SSSR count). The van der Waals surface area contributed by atoms with E-state index in [9.17, 15) is 14.7 Å². The van der Waals surface area contributed by atoms with Crippen molar-refractivity contribution in [3.63, 3.8) is 0 Å². The van der Waals surface area contributed by atoms with Crippen molar-refractivity contribution in [2.24, 2.45) is 0 Å². The van der Waals surface area contributed by atoms with Gasteiger partial charge >= 0.3 is 6.09 Å². The van der Waals surface area contributed by atoms with Crippen LogP contribution in [-0.4, -0.2) is 47.4 Å². The molecule has 1 saturated heterocycles. The van der Waals surface area contributed by atoms with Gasteiger partial charge in [0.05, 0.1) is 25.3 Å². The van der Waals surface area contributed by atoms with Gasteiger partial charge < -0.3 is 14.6 Å². The highest BCUT2D eigenvalue weighted by molar-refractivity contribution is 5.89. The first-order valence-corrected chi connectivity index (χ1v) is 7.04. The Morgan fingerprint density at radius 1 is 1.48 bits per heavy atom. The van der Waals surface area contributed by atoms with E-state index in [0.29, 0.717) is 11.1 Å². The molecule has 1 heterocycles. The topological polar surface area (TPSA) is 99.9 Å². The maximum atomic E-state index is 12.3. The third-order valence-electron chi connectivity index (χ3n) is 3.76. The van der Waals surface area contributed by atoms with Gasteiger partial charge in [-0.1, -0.05) is 12.1 Å². The molecule has 122 valence electrons. The molecule has 0 unspecified atom stereocenters. The van der Waals surface area contributed by atoms with Gasteiger partial charge in [0.1, 0.15) is 11.8 Å². The van der Waals surface area contributed by atoms with Crippen LogP contribution in [0.4, 0.5) is 4.79 Å². The van der Waals surface area contributed by atoms with E-state index in [-0.39, 0.29) is 6.54 Å². The van der Waals surface area contributed by atoms with Gasteiger partial charge in [-0.2, -0.15) is 5.26 Å². The Hall–Kier alpha value is -2.43. The summed E-state index contributed by atoms with van der Waals surface area (Å²) in [7, 11) is 1.22. The molecule has 0 radical (unpaired) electrons. The molecule has 0 aliphatic carbocycles. The number of ketones is 1. The maximum absolute atomic E-state index is 12.3. The van der Waals surface area contributed by atoms with Gasteiger partial charge in [-0.05, 0) is 31.5 Å². The number of hydrogen-bond donors (Lipinski definition) is 1. The maximum Gasteiger partial charge on any atom is 0.412 e. The van der Waals surface area contributed by atoms with E-state index < -0.39 is 29.8 Å². The van der Waals surface area contributed by atoms with Crippen LogP contribution in [0.2, 0.25) is 0 Å². The average Bonchev–Trinajstić information content (AvgIpc) is 2.55. The Morgan fingerprint density at radius 2 is 2.09 bits per heavy atom. The first-order valence-electron chi connectivity index (χ1n) is 7.04. The van der Waals surface area contributed by atoms with Crippen molar-refractivity contribution in [2.75, 3.05) is 13.7 Å². The summed E-state index contributed by atoms with van der Waals surface area (Å²) in [5.74, 6) is -0.424. The molecule has 0 bridgehead atoms. The van der Waals surface area contributed by atoms with Gasteiger partial charge in [-0.15, -0.1) is 0 Å². The van der Waals surface area contributed by atoms with Crippen molar-refractivity contribution < 1.29 is 24.2 Å². The van der Waals surface area contributed by atoms with Gasteiger partial charge in [0, 0.05) is 0 Å². The Morgan fingerprint density at radius 3 is 2.61 bits per heavy atom. The molecule has 0 aromatic heterocycles. The Bertz CT molecular complexity index is 647. The van der Waals surface area contributed by atoms with Crippen LogP contribution in [0.1, 0.15) is 31.1 Å². The molecule has 1 aromatic rings. The number of carbonyl (C=O) groups excluding carboxylic acids is 2. The number of Topliss-reactive ketones (excluding diaryl/α,β-unsaturated/α-hetero) is 1. The molecule has 23 heavy (non-hydrogen) atoms. The summed E-state index contributed by atoms with van der Waals surface area (Å²) in [6, 6.07) is 8.23. The SMILES string of the molecule is COC(=O)N1CC(=O)[C@H]([C@@H](O)c2ccc(C#N)cc2)OC1(C)C. The van der Waals surface area contributed by atoms with E-state index >= 15 is 0 Å². The second-order valence-electron chi connectivity index (χ2n) is 5.69. The molecule has 1 aliphatic heterocycles. The van der Waals surface area contributed by atoms with E-state index in [2.05, 4.69) is 4.74 Å². The van der Waals surface area contributed by atoms with Gasteiger partial charge in [-0.25, -0.2) is 4.79 Å². The van der Waals surface area contributed by atoms with E-state index in [0.717, 1.165) is 4.90 Å². The van der Waals surface area contributed by atoms with Crippen LogP contribution in [-0.2, 0) is 14.3 Å². The summed E-state index contributed by atoms with van der Waals surface area (Å²) in [6.45, 7) is 3.03. The number of amides is 1. The summed E-state index contributed by atoms with van der Waals surface area (Å²) in [6.07, 6.45) is -2.96. The number of aliphatic hydroxyl groups excluding tert-OH is 1. The minimum Gasteiger partial charge on any atom is -0.453 e. The van der Waals surface area contributed by atoms with Crippen LogP contribution in [0.5, 0.6) is 0 Å². The number of benzene rings is 1. The zero-order valence-electron chi connectivity index (χ0n) is 13.1. The summed E-state index contributed by atoms with van der Waals surface area (Å²) in [5.41, 5.74) is -0.183. The predicted molar refractivity (Wildman–Crippen MR) is 79.2 cm³/mol. The number of rotatable bonds is 2. The minimum atomic E-state index is -1.19. The van der Waals surface area contributed by atoms with Crippen molar-refractivity contribution in [3.05, 3.63) is 35.4 Å². The molecule has 1 aromatic carbocycles. The Kier molecular flexibility index (Phi) is 4.68. The molecule has 0 spiro atoms. The third kappa shape index (κ3) is 3.33. The number of methoxy groups -OCH3 is 1. The Balaban J connectivity index is 2.21. The minimum absolute atomic E-state index is 0.211. The number of nitriles is 1. The van der Waals surface area contributed by atoms with Crippen LogP contribution >= 0.6 is 0 Å². The van der Waals surface area contributed by atoms with Gasteiger partial charge in [0.25, 0.3) is 0 Å². The van der Waals surface area contributed by atoms with Gasteiger partial charge in [0.2, 0.25) is 0 Å². The number of aliphatic hydroxyl groups is 1. The molecule has 1 N–H and O–H groups in total. The van der Waals surface area contributed by atoms with Crippen LogP contribution in [0.25, 0.3) is 0 Å². The monoisotopic (exact) mass is 318 g/mol. The fourth-order valence-corrected chi connectivity index (χ4v) is 2.44. The zero-order valence-corrected chi connectivity index (χ0v) is 13.1.